The van der Waals surface area contributed by atoms with Gasteiger partial charge in [-0.05, 0) is 38.1 Å². The molecule has 1 aromatic heterocycles. The van der Waals surface area contributed by atoms with Gasteiger partial charge >= 0.3 is 0 Å². The number of benzene rings is 2. The molecule has 0 unspecified atom stereocenters. The van der Waals surface area contributed by atoms with Crippen molar-refractivity contribution in [3.63, 3.8) is 0 Å². The van der Waals surface area contributed by atoms with Gasteiger partial charge in [0, 0.05) is 4.88 Å². The van der Waals surface area contributed by atoms with E-state index in [-0.39, 0.29) is 0 Å². The van der Waals surface area contributed by atoms with Crippen LogP contribution >= 0.6 is 11.3 Å². The first kappa shape index (κ1) is 19.5. The van der Waals surface area contributed by atoms with Crippen LogP contribution in [0.15, 0.2) is 65.8 Å². The predicted molar refractivity (Wildman–Crippen MR) is 97.9 cm³/mol. The fourth-order valence-corrected chi connectivity index (χ4v) is 3.39. The number of para-hydroxylation sites is 1. The third-order valence-corrected chi connectivity index (χ3v) is 4.97. The Balaban J connectivity index is 0.000000659. The van der Waals surface area contributed by atoms with Gasteiger partial charge in [-0.25, -0.2) is 4.98 Å². The molecule has 3 aromatic rings. The predicted octanol–water partition coefficient (Wildman–Crippen LogP) is 0.464. The number of hydrazone groups is 1. The second-order valence-corrected chi connectivity index (χ2v) is 7.10. The lowest BCUT2D eigenvalue weighted by atomic mass is 10.2. The number of thiazole rings is 1. The summed E-state index contributed by atoms with van der Waals surface area (Å²) in [5.41, 5.74) is 5.24. The van der Waals surface area contributed by atoms with E-state index in [0.29, 0.717) is 0 Å². The molecule has 0 bridgehead atoms. The van der Waals surface area contributed by atoms with Crippen molar-refractivity contribution in [2.75, 3.05) is 10.2 Å². The highest BCUT2D eigenvalue weighted by atomic mass is 79.9. The molecule has 0 amide bonds. The number of quaternary nitrogens is 1. The Morgan fingerprint density at radius 2 is 1.56 bits per heavy atom. The van der Waals surface area contributed by atoms with E-state index in [2.05, 4.69) is 41.6 Å². The molecule has 0 radical (unpaired) electrons. The molecular weight excluding hydrogens is 430 g/mol. The van der Waals surface area contributed by atoms with Gasteiger partial charge < -0.3 is 8.40 Å². The van der Waals surface area contributed by atoms with Crippen LogP contribution in [-0.4, -0.2) is 10.8 Å². The molecule has 2 aromatic carbocycles. The van der Waals surface area contributed by atoms with Crippen molar-refractivity contribution in [1.82, 2.24) is 4.98 Å². The average Bonchev–Trinajstić information content (AvgIpc) is 3.28. The number of rotatable bonds is 3. The third-order valence-electron chi connectivity index (χ3n) is 3.93. The number of aryl methyl sites for hydroxylation is 2. The highest BCUT2D eigenvalue weighted by Crippen LogP contribution is 2.28. The Morgan fingerprint density at radius 3 is 2.11 bits per heavy atom. The van der Waals surface area contributed by atoms with Gasteiger partial charge in [-0.2, -0.15) is 5.43 Å². The normalized spacial score (nSPS) is 13.3. The van der Waals surface area contributed by atoms with Gasteiger partial charge in [-0.1, -0.05) is 58.0 Å². The minimum Gasteiger partial charge on any atom is -0.585 e. The van der Waals surface area contributed by atoms with E-state index in [0.717, 1.165) is 27.9 Å². The summed E-state index contributed by atoms with van der Waals surface area (Å²) in [6, 6.07) is 20.4. The summed E-state index contributed by atoms with van der Waals surface area (Å²) in [6.07, 6.45) is 0. The number of halogens is 1. The molecule has 7 nitrogen and oxygen atoms in total. The van der Waals surface area contributed by atoms with E-state index < -0.39 is 15.5 Å². The van der Waals surface area contributed by atoms with Crippen molar-refractivity contribution in [2.45, 2.75) is 13.8 Å². The van der Waals surface area contributed by atoms with Crippen LogP contribution in [0.2, 0.25) is 0 Å². The Labute approximate surface area is 168 Å². The first-order valence-corrected chi connectivity index (χ1v) is 10.2. The van der Waals surface area contributed by atoms with Crippen LogP contribution in [0.3, 0.4) is 0 Å². The molecule has 0 saturated heterocycles. The highest BCUT2D eigenvalue weighted by molar-refractivity contribution is 7.15. The fourth-order valence-electron chi connectivity index (χ4n) is 2.53. The van der Waals surface area contributed by atoms with Crippen LogP contribution in [0, 0.1) is 29.4 Å². The number of hydrogen-bond donors (Lipinski definition) is 1. The van der Waals surface area contributed by atoms with Gasteiger partial charge in [0.05, 0.1) is 11.3 Å². The average molecular weight is 448 g/mol. The molecule has 0 saturated carbocycles. The molecule has 0 spiro atoms. The summed E-state index contributed by atoms with van der Waals surface area (Å²) >= 11 is 0.216. The first-order chi connectivity index (χ1) is 13.1. The summed E-state index contributed by atoms with van der Waals surface area (Å²) in [5.74, 6) is 0.921. The molecule has 2 N–H and O–H groups in total. The molecular formula is C18H18BrN5O2S. The molecule has 27 heavy (non-hydrogen) atoms. The monoisotopic (exact) mass is 447 g/mol. The van der Waals surface area contributed by atoms with E-state index in [4.69, 9.17) is 13.5 Å². The first-order valence-electron chi connectivity index (χ1n) is 8.10. The topological polar surface area (TPSA) is 94.5 Å². The number of aromatic nitrogens is 1. The van der Waals surface area contributed by atoms with Crippen molar-refractivity contribution in [3.8, 4) is 0 Å². The Bertz CT molecular complexity index is 885. The zero-order valence-corrected chi connectivity index (χ0v) is 17.1. The maximum Gasteiger partial charge on any atom is 0.277 e. The van der Waals surface area contributed by atoms with Gasteiger partial charge in [0.15, 0.2) is 15.5 Å². The van der Waals surface area contributed by atoms with Crippen molar-refractivity contribution in [2.24, 2.45) is 5.10 Å². The van der Waals surface area contributed by atoms with Crippen molar-refractivity contribution in [1.29, 1.82) is 0 Å². The van der Waals surface area contributed by atoms with Gasteiger partial charge in [0.25, 0.3) is 5.84 Å². The van der Waals surface area contributed by atoms with Gasteiger partial charge in [0.1, 0.15) is 5.69 Å². The molecule has 140 valence electrons. The van der Waals surface area contributed by atoms with Crippen molar-refractivity contribution < 1.29 is 29.4 Å². The second-order valence-electron chi connectivity index (χ2n) is 5.65. The van der Waals surface area contributed by atoms with E-state index >= 15 is 0 Å². The highest BCUT2D eigenvalue weighted by Gasteiger charge is 2.33. The molecule has 1 aliphatic heterocycles. The minimum absolute atomic E-state index is 0.871. The zero-order chi connectivity index (χ0) is 19.2. The van der Waals surface area contributed by atoms with Crippen molar-refractivity contribution >= 4 is 28.0 Å². The number of amidine groups is 1. The van der Waals surface area contributed by atoms with Crippen LogP contribution in [0.4, 0.5) is 10.8 Å². The fraction of sp³-hybridized carbons (Fsp3) is 0.111. The summed E-state index contributed by atoms with van der Waals surface area (Å²) in [7, 11) is 0. The molecule has 2 heterocycles. The lowest BCUT2D eigenvalue weighted by Gasteiger charge is -2.21. The van der Waals surface area contributed by atoms with Gasteiger partial charge in [0.2, 0.25) is 5.13 Å². The molecule has 9 heteroatoms. The van der Waals surface area contributed by atoms with E-state index in [9.17, 15) is 0 Å². The Hall–Kier alpha value is -2.30. The van der Waals surface area contributed by atoms with Gasteiger partial charge in [-0.3, -0.25) is 0 Å². The quantitative estimate of drug-likeness (QED) is 0.588. The van der Waals surface area contributed by atoms with Crippen LogP contribution in [-0.2, 0) is 0 Å². The van der Waals surface area contributed by atoms with Crippen molar-refractivity contribution in [3.05, 3.63) is 76.8 Å². The summed E-state index contributed by atoms with van der Waals surface area (Å²) < 4.78 is 16.8. The van der Waals surface area contributed by atoms with Gasteiger partial charge in [-0.15, -0.1) is 5.12 Å². The number of hydrogen-bond acceptors (Lipinski definition) is 7. The summed E-state index contributed by atoms with van der Waals surface area (Å²) in [6.45, 7) is 4.12. The number of nitrogens with two attached hydrogens (primary N) is 1. The summed E-state index contributed by atoms with van der Waals surface area (Å²) in [5, 5.41) is 9.60. The lowest BCUT2D eigenvalue weighted by Crippen LogP contribution is -2.96. The van der Waals surface area contributed by atoms with E-state index in [1.165, 1.54) is 4.88 Å². The van der Waals surface area contributed by atoms with Crippen LogP contribution in [0.1, 0.15) is 16.1 Å². The van der Waals surface area contributed by atoms with E-state index in [1.54, 1.807) is 11.3 Å². The third kappa shape index (κ3) is 4.52. The van der Waals surface area contributed by atoms with E-state index in [1.807, 2.05) is 53.6 Å². The second kappa shape index (κ2) is 9.07. The number of anilines is 2. The standard InChI is InChI=1S/C18H17N5S.BrO2/c1-13-14(2)24-18(19-13)23-21-17(15-9-5-3-6-10-15)20-22(23)16-11-7-4-8-12-16;2-1-3/h3-12H,1-2H3,(H,20,21);/q;-1/p+1. The number of nitrogens with zero attached hydrogens (tertiary/aromatic N) is 4. The SMILES string of the molecule is Cc1nc(N2N=C(c3ccccc3)[NH2+]N2c2ccccc2)sc1C.[O-][Br+][O-]. The number of hydrazine groups is 1. The zero-order valence-electron chi connectivity index (χ0n) is 14.7. The molecule has 0 atom stereocenters. The Kier molecular flexibility index (Phi) is 6.54. The Morgan fingerprint density at radius 1 is 0.963 bits per heavy atom. The molecule has 0 fully saturated rings. The lowest BCUT2D eigenvalue weighted by molar-refractivity contribution is -1.41. The van der Waals surface area contributed by atoms with Crippen LogP contribution < -0.4 is 24.1 Å². The molecule has 0 aliphatic carbocycles. The van der Waals surface area contributed by atoms with Crippen LogP contribution in [0.25, 0.3) is 0 Å². The maximum absolute atomic E-state index is 8.41. The molecule has 4 rings (SSSR count). The maximum atomic E-state index is 8.41. The smallest absolute Gasteiger partial charge is 0.277 e. The largest absolute Gasteiger partial charge is 0.585 e. The summed E-state index contributed by atoms with van der Waals surface area (Å²) in [4.78, 5) is 5.88. The minimum atomic E-state index is -1.44. The molecule has 1 aliphatic rings. The van der Waals surface area contributed by atoms with Crippen LogP contribution in [0.5, 0.6) is 0 Å².